The van der Waals surface area contributed by atoms with Crippen LogP contribution in [0.25, 0.3) is 0 Å². The molecular weight excluding hydrogens is 350 g/mol. The predicted octanol–water partition coefficient (Wildman–Crippen LogP) is 0.611. The highest BCUT2D eigenvalue weighted by atomic mass is 35.5. The molecule has 9 heteroatoms. The van der Waals surface area contributed by atoms with Crippen molar-refractivity contribution in [2.45, 2.75) is 19.5 Å². The van der Waals surface area contributed by atoms with E-state index in [0.29, 0.717) is 5.02 Å². The van der Waals surface area contributed by atoms with E-state index in [2.05, 4.69) is 5.32 Å². The molecule has 2 rings (SSSR count). The zero-order valence-corrected chi connectivity index (χ0v) is 14.1. The van der Waals surface area contributed by atoms with Crippen LogP contribution in [-0.2, 0) is 20.9 Å². The SMILES string of the molecule is C[C@@H](NC(=O)COC(=O)Cn1ccc(=O)[nH]c1=O)c1cccc(Cl)c1. The Labute approximate surface area is 147 Å². The lowest BCUT2D eigenvalue weighted by atomic mass is 10.1. The minimum atomic E-state index is -0.778. The van der Waals surface area contributed by atoms with Crippen molar-refractivity contribution in [1.29, 1.82) is 0 Å². The molecule has 0 aliphatic carbocycles. The summed E-state index contributed by atoms with van der Waals surface area (Å²) in [5, 5.41) is 3.22. The zero-order chi connectivity index (χ0) is 18.4. The van der Waals surface area contributed by atoms with Gasteiger partial charge in [0, 0.05) is 17.3 Å². The molecule has 2 N–H and O–H groups in total. The molecule has 2 aromatic rings. The number of esters is 1. The summed E-state index contributed by atoms with van der Waals surface area (Å²) in [7, 11) is 0. The number of aromatic nitrogens is 2. The van der Waals surface area contributed by atoms with Gasteiger partial charge in [-0.1, -0.05) is 23.7 Å². The van der Waals surface area contributed by atoms with Crippen LogP contribution >= 0.6 is 11.6 Å². The molecule has 0 saturated heterocycles. The van der Waals surface area contributed by atoms with E-state index in [1.807, 2.05) is 11.1 Å². The first-order valence-corrected chi connectivity index (χ1v) is 7.73. The minimum absolute atomic E-state index is 0.313. The molecule has 25 heavy (non-hydrogen) atoms. The maximum atomic E-state index is 11.8. The first kappa shape index (κ1) is 18.5. The molecule has 0 saturated carbocycles. The highest BCUT2D eigenvalue weighted by Crippen LogP contribution is 2.17. The van der Waals surface area contributed by atoms with Crippen molar-refractivity contribution in [3.8, 4) is 0 Å². The Morgan fingerprint density at radius 2 is 2.08 bits per heavy atom. The van der Waals surface area contributed by atoms with Gasteiger partial charge >= 0.3 is 11.7 Å². The Morgan fingerprint density at radius 3 is 2.76 bits per heavy atom. The number of nitrogens with zero attached hydrogens (tertiary/aromatic N) is 1. The fourth-order valence-electron chi connectivity index (χ4n) is 2.04. The van der Waals surface area contributed by atoms with Gasteiger partial charge < -0.3 is 10.1 Å². The number of hydrogen-bond donors (Lipinski definition) is 2. The van der Waals surface area contributed by atoms with E-state index < -0.39 is 36.3 Å². The first-order valence-electron chi connectivity index (χ1n) is 7.35. The lowest BCUT2D eigenvalue weighted by Crippen LogP contribution is -2.34. The summed E-state index contributed by atoms with van der Waals surface area (Å²) < 4.78 is 5.79. The number of halogens is 1. The number of hydrogen-bond acceptors (Lipinski definition) is 5. The lowest BCUT2D eigenvalue weighted by molar-refractivity contribution is -0.149. The van der Waals surface area contributed by atoms with Crippen LogP contribution in [0.15, 0.2) is 46.1 Å². The highest BCUT2D eigenvalue weighted by molar-refractivity contribution is 6.30. The van der Waals surface area contributed by atoms with Crippen LogP contribution in [0.2, 0.25) is 5.02 Å². The standard InChI is InChI=1S/C16H16ClN3O5/c1-10(11-3-2-4-12(17)7-11)18-14(22)9-25-15(23)8-20-6-5-13(21)19-16(20)24/h2-7,10H,8-9H2,1H3,(H,18,22)(H,19,21,24)/t10-/m1/s1. The van der Waals surface area contributed by atoms with Crippen molar-refractivity contribution in [1.82, 2.24) is 14.9 Å². The topological polar surface area (TPSA) is 110 Å². The molecule has 1 aromatic heterocycles. The summed E-state index contributed by atoms with van der Waals surface area (Å²) in [4.78, 5) is 47.9. The van der Waals surface area contributed by atoms with E-state index in [4.69, 9.17) is 16.3 Å². The predicted molar refractivity (Wildman–Crippen MR) is 90.3 cm³/mol. The van der Waals surface area contributed by atoms with Gasteiger partial charge in [0.15, 0.2) is 6.61 Å². The zero-order valence-electron chi connectivity index (χ0n) is 13.3. The van der Waals surface area contributed by atoms with Gasteiger partial charge in [0.2, 0.25) is 0 Å². The number of carbonyl (C=O) groups is 2. The average Bonchev–Trinajstić information content (AvgIpc) is 2.55. The summed E-state index contributed by atoms with van der Waals surface area (Å²) >= 11 is 5.90. The van der Waals surface area contributed by atoms with Crippen molar-refractivity contribution in [3.63, 3.8) is 0 Å². The van der Waals surface area contributed by atoms with Gasteiger partial charge in [-0.25, -0.2) is 4.79 Å². The lowest BCUT2D eigenvalue weighted by Gasteiger charge is -2.14. The normalized spacial score (nSPS) is 11.6. The number of benzene rings is 1. The van der Waals surface area contributed by atoms with Gasteiger partial charge in [0.05, 0.1) is 6.04 Å². The number of aromatic amines is 1. The number of amides is 1. The van der Waals surface area contributed by atoms with E-state index in [9.17, 15) is 19.2 Å². The summed E-state index contributed by atoms with van der Waals surface area (Å²) in [6.45, 7) is 0.875. The van der Waals surface area contributed by atoms with Gasteiger partial charge in [-0.3, -0.25) is 23.9 Å². The van der Waals surface area contributed by atoms with Crippen LogP contribution in [0.5, 0.6) is 0 Å². The summed E-state index contributed by atoms with van der Waals surface area (Å²) in [5.41, 5.74) is -0.487. The summed E-state index contributed by atoms with van der Waals surface area (Å²) in [5.74, 6) is -1.27. The van der Waals surface area contributed by atoms with Crippen LogP contribution in [0.3, 0.4) is 0 Å². The van der Waals surface area contributed by atoms with Crippen molar-refractivity contribution in [3.05, 3.63) is 68.0 Å². The molecule has 8 nitrogen and oxygen atoms in total. The number of rotatable bonds is 6. The maximum Gasteiger partial charge on any atom is 0.328 e. The average molecular weight is 366 g/mol. The molecular formula is C16H16ClN3O5. The van der Waals surface area contributed by atoms with Gasteiger partial charge in [-0.2, -0.15) is 0 Å². The first-order chi connectivity index (χ1) is 11.8. The fourth-order valence-corrected chi connectivity index (χ4v) is 2.24. The molecule has 1 aromatic carbocycles. The summed E-state index contributed by atoms with van der Waals surface area (Å²) in [6.07, 6.45) is 1.17. The Kier molecular flexibility index (Phi) is 6.13. The van der Waals surface area contributed by atoms with E-state index in [1.165, 1.54) is 6.20 Å². The van der Waals surface area contributed by atoms with E-state index in [-0.39, 0.29) is 6.04 Å². The number of carbonyl (C=O) groups excluding carboxylic acids is 2. The second-order valence-corrected chi connectivity index (χ2v) is 5.68. The van der Waals surface area contributed by atoms with Crippen LogP contribution in [0.4, 0.5) is 0 Å². The van der Waals surface area contributed by atoms with Crippen LogP contribution in [0.1, 0.15) is 18.5 Å². The largest absolute Gasteiger partial charge is 0.454 e. The molecule has 0 unspecified atom stereocenters. The number of nitrogens with one attached hydrogen (secondary N) is 2. The quantitative estimate of drug-likeness (QED) is 0.729. The molecule has 1 heterocycles. The summed E-state index contributed by atoms with van der Waals surface area (Å²) in [6, 6.07) is 7.81. The third kappa shape index (κ3) is 5.61. The highest BCUT2D eigenvalue weighted by Gasteiger charge is 2.13. The maximum absolute atomic E-state index is 11.8. The minimum Gasteiger partial charge on any atom is -0.454 e. The second-order valence-electron chi connectivity index (χ2n) is 5.24. The molecule has 0 spiro atoms. The third-order valence-corrected chi connectivity index (χ3v) is 3.52. The van der Waals surface area contributed by atoms with Gasteiger partial charge in [0.25, 0.3) is 11.5 Å². The van der Waals surface area contributed by atoms with Crippen molar-refractivity contribution >= 4 is 23.5 Å². The fraction of sp³-hybridized carbons (Fsp3) is 0.250. The molecule has 0 aliphatic heterocycles. The second kappa shape index (κ2) is 8.29. The van der Waals surface area contributed by atoms with Gasteiger partial charge in [-0.15, -0.1) is 0 Å². The number of H-pyrrole nitrogens is 1. The molecule has 0 bridgehead atoms. The monoisotopic (exact) mass is 365 g/mol. The molecule has 0 aliphatic rings. The van der Waals surface area contributed by atoms with E-state index in [1.54, 1.807) is 25.1 Å². The van der Waals surface area contributed by atoms with Crippen LogP contribution in [-0.4, -0.2) is 28.0 Å². The molecule has 1 amide bonds. The molecule has 132 valence electrons. The Bertz CT molecular complexity index is 890. The van der Waals surface area contributed by atoms with Crippen molar-refractivity contribution < 1.29 is 14.3 Å². The Morgan fingerprint density at radius 1 is 1.32 bits per heavy atom. The molecule has 0 radical (unpaired) electrons. The Hall–Kier alpha value is -2.87. The van der Waals surface area contributed by atoms with Crippen molar-refractivity contribution in [2.24, 2.45) is 0 Å². The van der Waals surface area contributed by atoms with Crippen molar-refractivity contribution in [2.75, 3.05) is 6.61 Å². The number of ether oxygens (including phenoxy) is 1. The van der Waals surface area contributed by atoms with Crippen LogP contribution in [0, 0.1) is 0 Å². The Balaban J connectivity index is 1.84. The van der Waals surface area contributed by atoms with Gasteiger partial charge in [0.1, 0.15) is 6.54 Å². The van der Waals surface area contributed by atoms with E-state index >= 15 is 0 Å². The van der Waals surface area contributed by atoms with Gasteiger partial charge in [-0.05, 0) is 24.6 Å². The molecule has 0 fully saturated rings. The smallest absolute Gasteiger partial charge is 0.328 e. The molecule has 1 atom stereocenters. The van der Waals surface area contributed by atoms with Crippen LogP contribution < -0.4 is 16.6 Å². The third-order valence-electron chi connectivity index (χ3n) is 3.29. The van der Waals surface area contributed by atoms with E-state index in [0.717, 1.165) is 16.2 Å².